The van der Waals surface area contributed by atoms with Gasteiger partial charge in [-0.15, -0.1) is 0 Å². The smallest absolute Gasteiger partial charge is 0.410 e. The van der Waals surface area contributed by atoms with Crippen LogP contribution >= 0.6 is 0 Å². The summed E-state index contributed by atoms with van der Waals surface area (Å²) < 4.78 is 5.03. The highest BCUT2D eigenvalue weighted by Crippen LogP contribution is 2.19. The molecule has 1 aliphatic rings. The van der Waals surface area contributed by atoms with Gasteiger partial charge in [0.25, 0.3) is 0 Å². The summed E-state index contributed by atoms with van der Waals surface area (Å²) in [5.74, 6) is 3.48. The molecule has 0 bridgehead atoms. The highest BCUT2D eigenvalue weighted by atomic mass is 16.6. The van der Waals surface area contributed by atoms with E-state index >= 15 is 0 Å². The molecule has 11 nitrogen and oxygen atoms in total. The number of oxime groups is 1. The molecule has 2 amide bonds. The fourth-order valence-electron chi connectivity index (χ4n) is 2.97. The topological polar surface area (TPSA) is 156 Å². The second kappa shape index (κ2) is 12.3. The van der Waals surface area contributed by atoms with E-state index in [0.29, 0.717) is 18.6 Å². The van der Waals surface area contributed by atoms with Crippen molar-refractivity contribution < 1.29 is 29.1 Å². The average Bonchev–Trinajstić information content (AvgIpc) is 3.22. The molecule has 32 heavy (non-hydrogen) atoms. The van der Waals surface area contributed by atoms with E-state index < -0.39 is 30.1 Å². The van der Waals surface area contributed by atoms with E-state index in [2.05, 4.69) is 15.6 Å². The predicted octanol–water partition coefficient (Wildman–Crippen LogP) is 1.30. The van der Waals surface area contributed by atoms with E-state index in [9.17, 15) is 19.5 Å². The molecule has 0 fully saturated rings. The van der Waals surface area contributed by atoms with Gasteiger partial charge in [-0.05, 0) is 17.5 Å². The Hall–Kier alpha value is -3.63. The van der Waals surface area contributed by atoms with E-state index in [4.69, 9.17) is 15.4 Å². The SMILES string of the molecule is CCCCOC(=O)N(C)[C@H](CNC(=O)CC1CC(c2ccc(C=NN)cc2)=NO1)C(=O)O. The number of carboxylic acids is 1. The molecule has 0 aromatic heterocycles. The molecule has 2 atom stereocenters. The van der Waals surface area contributed by atoms with Crippen molar-refractivity contribution in [3.05, 3.63) is 35.4 Å². The minimum atomic E-state index is -1.25. The molecule has 4 N–H and O–H groups in total. The zero-order valence-electron chi connectivity index (χ0n) is 18.2. The highest BCUT2D eigenvalue weighted by molar-refractivity contribution is 6.02. The average molecular weight is 447 g/mol. The summed E-state index contributed by atoms with van der Waals surface area (Å²) >= 11 is 0. The van der Waals surface area contributed by atoms with Crippen molar-refractivity contribution in [3.8, 4) is 0 Å². The lowest BCUT2D eigenvalue weighted by Gasteiger charge is -2.24. The van der Waals surface area contributed by atoms with E-state index in [-0.39, 0.29) is 19.6 Å². The summed E-state index contributed by atoms with van der Waals surface area (Å²) in [4.78, 5) is 42.1. The van der Waals surface area contributed by atoms with Crippen LogP contribution in [-0.2, 0) is 19.2 Å². The maximum Gasteiger partial charge on any atom is 0.410 e. The Bertz CT molecular complexity index is 855. The number of unbranched alkanes of at least 4 members (excludes halogenated alkanes) is 1. The Kier molecular flexibility index (Phi) is 9.45. The molecule has 0 radical (unpaired) electrons. The number of rotatable bonds is 11. The first-order valence-corrected chi connectivity index (χ1v) is 10.3. The normalized spacial score (nSPS) is 16.2. The Balaban J connectivity index is 1.81. The summed E-state index contributed by atoms with van der Waals surface area (Å²) in [5, 5.41) is 19.5. The van der Waals surface area contributed by atoms with Crippen LogP contribution in [0, 0.1) is 0 Å². The first-order valence-electron chi connectivity index (χ1n) is 10.3. The Morgan fingerprint density at radius 1 is 1.41 bits per heavy atom. The van der Waals surface area contributed by atoms with E-state index in [1.807, 2.05) is 31.2 Å². The third-order valence-electron chi connectivity index (χ3n) is 4.87. The lowest BCUT2D eigenvalue weighted by molar-refractivity contribution is -0.142. The third-order valence-corrected chi connectivity index (χ3v) is 4.87. The third kappa shape index (κ3) is 7.25. The first kappa shape index (κ1) is 24.6. The number of hydrogen-bond acceptors (Lipinski definition) is 8. The zero-order chi connectivity index (χ0) is 23.5. The van der Waals surface area contributed by atoms with Gasteiger partial charge in [0, 0.05) is 20.0 Å². The number of hydrogen-bond donors (Lipinski definition) is 3. The van der Waals surface area contributed by atoms with Gasteiger partial charge in [0.05, 0.1) is 25.0 Å². The Labute approximate surface area is 186 Å². The van der Waals surface area contributed by atoms with Crippen molar-refractivity contribution >= 4 is 29.9 Å². The molecular weight excluding hydrogens is 418 g/mol. The lowest BCUT2D eigenvalue weighted by Crippen LogP contribution is -2.49. The molecular formula is C21H29N5O6. The van der Waals surface area contributed by atoms with Crippen LogP contribution < -0.4 is 11.2 Å². The Morgan fingerprint density at radius 2 is 2.12 bits per heavy atom. The van der Waals surface area contributed by atoms with Crippen molar-refractivity contribution in [2.24, 2.45) is 16.1 Å². The quantitative estimate of drug-likeness (QED) is 0.200. The number of ether oxygens (including phenoxy) is 1. The summed E-state index contributed by atoms with van der Waals surface area (Å²) in [7, 11) is 1.32. The number of hydrazone groups is 1. The zero-order valence-corrected chi connectivity index (χ0v) is 18.2. The van der Waals surface area contributed by atoms with Gasteiger partial charge < -0.3 is 25.8 Å². The highest BCUT2D eigenvalue weighted by Gasteiger charge is 2.29. The molecule has 1 aliphatic heterocycles. The molecule has 1 heterocycles. The number of nitrogens with two attached hydrogens (primary N) is 1. The summed E-state index contributed by atoms with van der Waals surface area (Å²) in [5.41, 5.74) is 2.41. The first-order chi connectivity index (χ1) is 15.3. The van der Waals surface area contributed by atoms with Crippen LogP contribution in [0.3, 0.4) is 0 Å². The number of benzene rings is 1. The van der Waals surface area contributed by atoms with E-state index in [1.54, 1.807) is 0 Å². The predicted molar refractivity (Wildman–Crippen MR) is 117 cm³/mol. The maximum absolute atomic E-state index is 12.3. The fourth-order valence-corrected chi connectivity index (χ4v) is 2.97. The molecule has 0 saturated carbocycles. The van der Waals surface area contributed by atoms with Gasteiger partial charge in [-0.3, -0.25) is 9.69 Å². The number of carbonyl (C=O) groups excluding carboxylic acids is 2. The van der Waals surface area contributed by atoms with Crippen molar-refractivity contribution in [2.45, 2.75) is 44.8 Å². The van der Waals surface area contributed by atoms with Crippen LogP contribution in [0.15, 0.2) is 34.5 Å². The standard InChI is InChI=1S/C21H29N5O6/c1-3-4-9-31-21(30)26(2)18(20(28)29)13-23-19(27)11-16-10-17(25-32-16)15-7-5-14(6-8-15)12-24-22/h5-8,12,16,18H,3-4,9-11,13,22H2,1-2H3,(H,23,27)(H,28,29)/t16?,18-/m1/s1. The minimum absolute atomic E-state index is 0.00190. The number of amides is 2. The van der Waals surface area contributed by atoms with E-state index in [1.165, 1.54) is 13.3 Å². The second-order valence-electron chi connectivity index (χ2n) is 7.31. The van der Waals surface area contributed by atoms with Gasteiger partial charge in [0.15, 0.2) is 0 Å². The minimum Gasteiger partial charge on any atom is -0.480 e. The summed E-state index contributed by atoms with van der Waals surface area (Å²) in [6.45, 7) is 1.91. The second-order valence-corrected chi connectivity index (χ2v) is 7.31. The van der Waals surface area contributed by atoms with Crippen molar-refractivity contribution in [3.63, 3.8) is 0 Å². The van der Waals surface area contributed by atoms with Crippen molar-refractivity contribution in [2.75, 3.05) is 20.2 Å². The Morgan fingerprint density at radius 3 is 2.75 bits per heavy atom. The van der Waals surface area contributed by atoms with Gasteiger partial charge >= 0.3 is 12.1 Å². The molecule has 174 valence electrons. The van der Waals surface area contributed by atoms with Crippen LogP contribution in [0.2, 0.25) is 0 Å². The molecule has 1 unspecified atom stereocenters. The molecule has 0 spiro atoms. The van der Waals surface area contributed by atoms with E-state index in [0.717, 1.165) is 22.4 Å². The number of carbonyl (C=O) groups is 3. The van der Waals surface area contributed by atoms with Gasteiger partial charge in [0.2, 0.25) is 5.91 Å². The molecule has 1 aromatic rings. The van der Waals surface area contributed by atoms with Gasteiger partial charge in [-0.2, -0.15) is 5.10 Å². The van der Waals surface area contributed by atoms with Crippen LogP contribution in [0.4, 0.5) is 4.79 Å². The summed E-state index contributed by atoms with van der Waals surface area (Å²) in [6.07, 6.45) is 2.28. The van der Waals surface area contributed by atoms with Gasteiger partial charge in [0.1, 0.15) is 12.1 Å². The maximum atomic E-state index is 12.3. The van der Waals surface area contributed by atoms with Crippen molar-refractivity contribution in [1.29, 1.82) is 0 Å². The largest absolute Gasteiger partial charge is 0.480 e. The molecule has 1 aromatic carbocycles. The summed E-state index contributed by atoms with van der Waals surface area (Å²) in [6, 6.07) is 6.14. The number of carboxylic acid groups (broad SMARTS) is 1. The van der Waals surface area contributed by atoms with Crippen LogP contribution in [0.25, 0.3) is 0 Å². The van der Waals surface area contributed by atoms with Crippen LogP contribution in [-0.4, -0.2) is 72.2 Å². The number of aliphatic carboxylic acids is 1. The fraction of sp³-hybridized carbons (Fsp3) is 0.476. The molecule has 0 aliphatic carbocycles. The van der Waals surface area contributed by atoms with Gasteiger partial charge in [-0.1, -0.05) is 42.8 Å². The molecule has 2 rings (SSSR count). The van der Waals surface area contributed by atoms with Crippen LogP contribution in [0.5, 0.6) is 0 Å². The van der Waals surface area contributed by atoms with Gasteiger partial charge in [-0.25, -0.2) is 9.59 Å². The number of likely N-dealkylation sites (N-methyl/N-ethyl adjacent to an activating group) is 1. The number of nitrogens with zero attached hydrogens (tertiary/aromatic N) is 3. The lowest BCUT2D eigenvalue weighted by atomic mass is 10.0. The monoisotopic (exact) mass is 447 g/mol. The molecule has 0 saturated heterocycles. The van der Waals surface area contributed by atoms with Crippen molar-refractivity contribution in [1.82, 2.24) is 10.2 Å². The number of nitrogens with one attached hydrogen (secondary N) is 1. The van der Waals surface area contributed by atoms with Crippen LogP contribution in [0.1, 0.15) is 43.7 Å². The molecule has 11 heteroatoms.